The molecule has 2 rings (SSSR count). The standard InChI is InChI=1S/C10H15N3O5/c1-4-2-13(10(17)12-8(4)11)9-7(16)6(15)5(3-14)18-9/h2,5-7,9,14-16H,3H2,1H3,(H2,11,12,17)/t5-,6+,7-,9+/m0/s1. The monoisotopic (exact) mass is 257 g/mol. The maximum absolute atomic E-state index is 11.7. The van der Waals surface area contributed by atoms with E-state index < -0.39 is 36.8 Å². The number of aromatic nitrogens is 2. The highest BCUT2D eigenvalue weighted by Crippen LogP contribution is 2.28. The van der Waals surface area contributed by atoms with Crippen molar-refractivity contribution >= 4 is 5.82 Å². The van der Waals surface area contributed by atoms with Gasteiger partial charge in [0.2, 0.25) is 0 Å². The highest BCUT2D eigenvalue weighted by molar-refractivity contribution is 5.35. The topological polar surface area (TPSA) is 131 Å². The third kappa shape index (κ3) is 1.99. The van der Waals surface area contributed by atoms with Crippen LogP contribution in [0.1, 0.15) is 11.8 Å². The van der Waals surface area contributed by atoms with E-state index in [-0.39, 0.29) is 5.82 Å². The molecule has 1 aliphatic heterocycles. The normalized spacial score (nSPS) is 31.8. The summed E-state index contributed by atoms with van der Waals surface area (Å²) in [5.74, 6) is 0.1000. The molecule has 8 heteroatoms. The predicted molar refractivity (Wildman–Crippen MR) is 60.7 cm³/mol. The van der Waals surface area contributed by atoms with Gasteiger partial charge in [-0.15, -0.1) is 0 Å². The van der Waals surface area contributed by atoms with Gasteiger partial charge in [-0.05, 0) is 6.92 Å². The van der Waals surface area contributed by atoms with Gasteiger partial charge in [-0.3, -0.25) is 4.57 Å². The van der Waals surface area contributed by atoms with Crippen molar-refractivity contribution in [2.75, 3.05) is 12.3 Å². The molecular formula is C10H15N3O5. The summed E-state index contributed by atoms with van der Waals surface area (Å²) < 4.78 is 6.28. The number of aryl methyl sites for hydroxylation is 1. The summed E-state index contributed by atoms with van der Waals surface area (Å²) in [7, 11) is 0. The number of hydrogen-bond donors (Lipinski definition) is 4. The maximum atomic E-state index is 11.7. The van der Waals surface area contributed by atoms with E-state index in [9.17, 15) is 15.0 Å². The molecule has 100 valence electrons. The minimum Gasteiger partial charge on any atom is -0.394 e. The largest absolute Gasteiger partial charge is 0.394 e. The lowest BCUT2D eigenvalue weighted by Gasteiger charge is -2.17. The van der Waals surface area contributed by atoms with Crippen LogP contribution in [-0.2, 0) is 4.74 Å². The first-order chi connectivity index (χ1) is 8.45. The molecule has 1 aromatic rings. The van der Waals surface area contributed by atoms with Gasteiger partial charge < -0.3 is 25.8 Å². The van der Waals surface area contributed by atoms with Crippen LogP contribution in [0.5, 0.6) is 0 Å². The van der Waals surface area contributed by atoms with E-state index >= 15 is 0 Å². The number of nitrogens with zero attached hydrogens (tertiary/aromatic N) is 2. The van der Waals surface area contributed by atoms with Crippen molar-refractivity contribution in [3.8, 4) is 0 Å². The molecule has 2 heterocycles. The summed E-state index contributed by atoms with van der Waals surface area (Å²) in [4.78, 5) is 15.2. The van der Waals surface area contributed by atoms with Crippen molar-refractivity contribution in [1.82, 2.24) is 9.55 Å². The van der Waals surface area contributed by atoms with Crippen molar-refractivity contribution in [3.05, 3.63) is 22.2 Å². The van der Waals surface area contributed by atoms with Crippen molar-refractivity contribution < 1.29 is 20.1 Å². The summed E-state index contributed by atoms with van der Waals surface area (Å²) in [6.45, 7) is 1.20. The quantitative estimate of drug-likeness (QED) is 0.470. The van der Waals surface area contributed by atoms with Crippen LogP contribution < -0.4 is 11.4 Å². The Kier molecular flexibility index (Phi) is 3.35. The van der Waals surface area contributed by atoms with Gasteiger partial charge in [0.05, 0.1) is 6.61 Å². The molecule has 8 nitrogen and oxygen atoms in total. The maximum Gasteiger partial charge on any atom is 0.351 e. The van der Waals surface area contributed by atoms with Crippen LogP contribution in [0.4, 0.5) is 5.82 Å². The predicted octanol–water partition coefficient (Wildman–Crippen LogP) is -2.25. The molecule has 0 spiro atoms. The number of hydrogen-bond acceptors (Lipinski definition) is 7. The molecule has 0 aliphatic carbocycles. The molecule has 0 aromatic carbocycles. The Morgan fingerprint density at radius 2 is 2.17 bits per heavy atom. The first-order valence-corrected chi connectivity index (χ1v) is 5.43. The Hall–Kier alpha value is -1.48. The minimum absolute atomic E-state index is 0.1000. The average Bonchev–Trinajstić information content (AvgIpc) is 2.61. The van der Waals surface area contributed by atoms with Gasteiger partial charge in [-0.25, -0.2) is 4.79 Å². The van der Waals surface area contributed by atoms with Gasteiger partial charge in [0.25, 0.3) is 0 Å². The van der Waals surface area contributed by atoms with Crippen molar-refractivity contribution in [2.45, 2.75) is 31.5 Å². The third-order valence-electron chi connectivity index (χ3n) is 2.97. The highest BCUT2D eigenvalue weighted by Gasteiger charge is 2.43. The molecule has 0 amide bonds. The number of aliphatic hydroxyl groups is 3. The number of rotatable bonds is 2. The summed E-state index contributed by atoms with van der Waals surface area (Å²) >= 11 is 0. The van der Waals surface area contributed by atoms with E-state index in [1.165, 1.54) is 6.20 Å². The Labute approximate surface area is 102 Å². The van der Waals surface area contributed by atoms with Crippen LogP contribution in [0.15, 0.2) is 11.0 Å². The molecule has 18 heavy (non-hydrogen) atoms. The van der Waals surface area contributed by atoms with Crippen LogP contribution in [0.2, 0.25) is 0 Å². The van der Waals surface area contributed by atoms with Crippen molar-refractivity contribution in [1.29, 1.82) is 0 Å². The van der Waals surface area contributed by atoms with Crippen LogP contribution in [0, 0.1) is 6.92 Å². The SMILES string of the molecule is Cc1cn([C@@H]2O[C@@H](CO)[C@@H](O)[C@@H]2O)c(=O)nc1N. The molecular weight excluding hydrogens is 242 g/mol. The van der Waals surface area contributed by atoms with Gasteiger partial charge in [0, 0.05) is 11.8 Å². The molecule has 0 radical (unpaired) electrons. The van der Waals surface area contributed by atoms with E-state index in [4.69, 9.17) is 15.6 Å². The molecule has 5 N–H and O–H groups in total. The van der Waals surface area contributed by atoms with Crippen molar-refractivity contribution in [2.24, 2.45) is 0 Å². The van der Waals surface area contributed by atoms with Crippen LogP contribution >= 0.6 is 0 Å². The number of nitrogens with two attached hydrogens (primary N) is 1. The molecule has 1 aromatic heterocycles. The molecule has 1 aliphatic rings. The first kappa shape index (κ1) is 13.0. The molecule has 0 unspecified atom stereocenters. The Balaban J connectivity index is 2.39. The fourth-order valence-electron chi connectivity index (χ4n) is 1.87. The zero-order valence-corrected chi connectivity index (χ0v) is 9.72. The Morgan fingerprint density at radius 3 is 2.72 bits per heavy atom. The first-order valence-electron chi connectivity index (χ1n) is 5.43. The van der Waals surface area contributed by atoms with Crippen LogP contribution in [0.3, 0.4) is 0 Å². The second-order valence-electron chi connectivity index (χ2n) is 4.23. The summed E-state index contributed by atoms with van der Waals surface area (Å²) in [6.07, 6.45) is -3.20. The van der Waals surface area contributed by atoms with Gasteiger partial charge in [0.15, 0.2) is 6.23 Å². The van der Waals surface area contributed by atoms with Gasteiger partial charge in [-0.2, -0.15) is 4.98 Å². The van der Waals surface area contributed by atoms with Crippen LogP contribution in [0.25, 0.3) is 0 Å². The fraction of sp³-hybridized carbons (Fsp3) is 0.600. The minimum atomic E-state index is -1.32. The zero-order chi connectivity index (χ0) is 13.4. The average molecular weight is 257 g/mol. The van der Waals surface area contributed by atoms with Gasteiger partial charge >= 0.3 is 5.69 Å². The molecule has 0 bridgehead atoms. The van der Waals surface area contributed by atoms with Crippen molar-refractivity contribution in [3.63, 3.8) is 0 Å². The highest BCUT2D eigenvalue weighted by atomic mass is 16.6. The molecule has 1 fully saturated rings. The van der Waals surface area contributed by atoms with E-state index in [1.807, 2.05) is 0 Å². The second kappa shape index (κ2) is 4.65. The molecule has 1 saturated heterocycles. The third-order valence-corrected chi connectivity index (χ3v) is 2.97. The van der Waals surface area contributed by atoms with E-state index in [0.717, 1.165) is 4.57 Å². The smallest absolute Gasteiger partial charge is 0.351 e. The van der Waals surface area contributed by atoms with E-state index in [2.05, 4.69) is 4.98 Å². The van der Waals surface area contributed by atoms with E-state index in [1.54, 1.807) is 6.92 Å². The fourth-order valence-corrected chi connectivity index (χ4v) is 1.87. The summed E-state index contributed by atoms with van der Waals surface area (Å²) in [5.41, 5.74) is 5.35. The number of aliphatic hydroxyl groups excluding tert-OH is 3. The van der Waals surface area contributed by atoms with Crippen LogP contribution in [-0.4, -0.2) is 49.8 Å². The Bertz CT molecular complexity index is 503. The molecule has 0 saturated carbocycles. The van der Waals surface area contributed by atoms with Gasteiger partial charge in [0.1, 0.15) is 24.1 Å². The van der Waals surface area contributed by atoms with E-state index in [0.29, 0.717) is 5.56 Å². The van der Waals surface area contributed by atoms with Gasteiger partial charge in [-0.1, -0.05) is 0 Å². The Morgan fingerprint density at radius 1 is 1.50 bits per heavy atom. The lowest BCUT2D eigenvalue weighted by Crippen LogP contribution is -2.36. The summed E-state index contributed by atoms with van der Waals surface area (Å²) in [5, 5.41) is 28.4. The number of nitrogen functional groups attached to an aromatic ring is 1. The summed E-state index contributed by atoms with van der Waals surface area (Å²) in [6, 6.07) is 0. The number of anilines is 1. The lowest BCUT2D eigenvalue weighted by atomic mass is 10.1. The number of ether oxygens (including phenoxy) is 1. The lowest BCUT2D eigenvalue weighted by molar-refractivity contribution is -0.0550. The second-order valence-corrected chi connectivity index (χ2v) is 4.23. The zero-order valence-electron chi connectivity index (χ0n) is 9.72. The molecule has 4 atom stereocenters.